The van der Waals surface area contributed by atoms with Crippen LogP contribution in [-0.2, 0) is 4.79 Å². The van der Waals surface area contributed by atoms with Crippen molar-refractivity contribution in [2.75, 3.05) is 30.3 Å². The first kappa shape index (κ1) is 24.7. The van der Waals surface area contributed by atoms with Crippen LogP contribution < -0.4 is 15.4 Å². The lowest BCUT2D eigenvalue weighted by Gasteiger charge is -2.33. The Kier molecular flexibility index (Phi) is 7.45. The standard InChI is InChI=1S/C25H22ClN5O5/c26-17-6-9-21(28-13-17)30-25(35)19-12-18(36-14-22(32)33)7-8-20(19)29-24(34)16-4-2-15(3-5-16)23(27)31-10-1-11-31/h2-9,12-13,27H,1,10-11,14H2,(H,29,34)(H,32,33)(H,28,30,35). The van der Waals surface area contributed by atoms with Gasteiger partial charge in [0.2, 0.25) is 0 Å². The molecule has 184 valence electrons. The molecule has 0 radical (unpaired) electrons. The van der Waals surface area contributed by atoms with E-state index < -0.39 is 24.4 Å². The van der Waals surface area contributed by atoms with Crippen LogP contribution >= 0.6 is 11.6 Å². The molecule has 2 amide bonds. The van der Waals surface area contributed by atoms with Gasteiger partial charge in [-0.1, -0.05) is 23.7 Å². The lowest BCUT2D eigenvalue weighted by molar-refractivity contribution is -0.139. The van der Waals surface area contributed by atoms with Gasteiger partial charge in [-0.05, 0) is 48.9 Å². The lowest BCUT2D eigenvalue weighted by Crippen LogP contribution is -2.42. The average molecular weight is 508 g/mol. The minimum atomic E-state index is -1.17. The van der Waals surface area contributed by atoms with Gasteiger partial charge in [-0.2, -0.15) is 0 Å². The number of carbonyl (C=O) groups is 3. The van der Waals surface area contributed by atoms with Crippen molar-refractivity contribution in [2.24, 2.45) is 0 Å². The minimum Gasteiger partial charge on any atom is -0.482 e. The summed E-state index contributed by atoms with van der Waals surface area (Å²) in [6.45, 7) is 1.11. The quantitative estimate of drug-likeness (QED) is 0.268. The smallest absolute Gasteiger partial charge is 0.341 e. The first-order valence-electron chi connectivity index (χ1n) is 11.0. The van der Waals surface area contributed by atoms with Gasteiger partial charge in [0.05, 0.1) is 16.3 Å². The molecule has 1 saturated heterocycles. The SMILES string of the molecule is N=C(c1ccc(C(=O)Nc2ccc(OCC(=O)O)cc2C(=O)Nc2ccc(Cl)cn2)cc1)N1CCC1. The summed E-state index contributed by atoms with van der Waals surface area (Å²) in [7, 11) is 0. The third-order valence-corrected chi connectivity index (χ3v) is 5.63. The van der Waals surface area contributed by atoms with E-state index in [1.54, 1.807) is 30.3 Å². The largest absolute Gasteiger partial charge is 0.482 e. The molecule has 0 unspecified atom stereocenters. The number of nitrogens with zero attached hydrogens (tertiary/aromatic N) is 2. The number of hydrogen-bond acceptors (Lipinski definition) is 6. The number of amidine groups is 1. The van der Waals surface area contributed by atoms with Gasteiger partial charge in [-0.15, -0.1) is 0 Å². The number of ether oxygens (including phenoxy) is 1. The fourth-order valence-corrected chi connectivity index (χ4v) is 3.50. The number of likely N-dealkylation sites (tertiary alicyclic amines) is 1. The molecule has 36 heavy (non-hydrogen) atoms. The number of halogens is 1. The monoisotopic (exact) mass is 507 g/mol. The maximum atomic E-state index is 13.0. The maximum Gasteiger partial charge on any atom is 0.341 e. The topological polar surface area (TPSA) is 145 Å². The molecule has 2 heterocycles. The molecule has 1 aliphatic heterocycles. The molecule has 1 fully saturated rings. The molecule has 11 heteroatoms. The van der Waals surface area contributed by atoms with E-state index in [-0.39, 0.29) is 22.8 Å². The molecule has 1 aliphatic rings. The van der Waals surface area contributed by atoms with Crippen LogP contribution in [0.25, 0.3) is 0 Å². The molecule has 0 bridgehead atoms. The molecule has 0 aliphatic carbocycles. The van der Waals surface area contributed by atoms with E-state index in [2.05, 4.69) is 15.6 Å². The Hall–Kier alpha value is -4.44. The van der Waals surface area contributed by atoms with Gasteiger partial charge in [0.15, 0.2) is 6.61 Å². The summed E-state index contributed by atoms with van der Waals surface area (Å²) in [6.07, 6.45) is 2.44. The van der Waals surface area contributed by atoms with Crippen molar-refractivity contribution in [1.29, 1.82) is 5.41 Å². The van der Waals surface area contributed by atoms with Crippen LogP contribution in [0.15, 0.2) is 60.8 Å². The average Bonchev–Trinajstić information content (AvgIpc) is 2.83. The van der Waals surface area contributed by atoms with Crippen molar-refractivity contribution in [2.45, 2.75) is 6.42 Å². The lowest BCUT2D eigenvalue weighted by atomic mass is 10.1. The Morgan fingerprint density at radius 1 is 1.00 bits per heavy atom. The first-order valence-corrected chi connectivity index (χ1v) is 11.3. The molecule has 2 aromatic carbocycles. The summed E-state index contributed by atoms with van der Waals surface area (Å²) in [6, 6.07) is 14.0. The number of rotatable bonds is 8. The van der Waals surface area contributed by atoms with Crippen LogP contribution in [0.5, 0.6) is 5.75 Å². The zero-order valence-corrected chi connectivity index (χ0v) is 19.7. The second-order valence-corrected chi connectivity index (χ2v) is 8.36. The van der Waals surface area contributed by atoms with Crippen molar-refractivity contribution in [3.05, 3.63) is 82.5 Å². The Bertz CT molecular complexity index is 1310. The van der Waals surface area contributed by atoms with Crippen molar-refractivity contribution in [1.82, 2.24) is 9.88 Å². The van der Waals surface area contributed by atoms with E-state index in [9.17, 15) is 14.4 Å². The maximum absolute atomic E-state index is 13.0. The highest BCUT2D eigenvalue weighted by Crippen LogP contribution is 2.25. The van der Waals surface area contributed by atoms with Gasteiger partial charge in [0, 0.05) is 30.4 Å². The zero-order chi connectivity index (χ0) is 25.7. The molecule has 0 atom stereocenters. The summed E-state index contributed by atoms with van der Waals surface area (Å²) in [4.78, 5) is 42.8. The molecule has 1 aromatic heterocycles. The summed E-state index contributed by atoms with van der Waals surface area (Å²) in [5, 5.41) is 22.8. The number of anilines is 2. The normalized spacial score (nSPS) is 12.3. The van der Waals surface area contributed by atoms with Crippen molar-refractivity contribution in [3.63, 3.8) is 0 Å². The summed E-state index contributed by atoms with van der Waals surface area (Å²) in [5.74, 6) is -1.44. The number of benzene rings is 2. The van der Waals surface area contributed by atoms with Crippen LogP contribution in [0.2, 0.25) is 5.02 Å². The van der Waals surface area contributed by atoms with E-state index in [4.69, 9.17) is 26.9 Å². The Morgan fingerprint density at radius 3 is 2.33 bits per heavy atom. The van der Waals surface area contributed by atoms with Gasteiger partial charge in [-0.25, -0.2) is 9.78 Å². The number of amides is 2. The predicted molar refractivity (Wildman–Crippen MR) is 134 cm³/mol. The molecular formula is C25H22ClN5O5. The predicted octanol–water partition coefficient (Wildman–Crippen LogP) is 3.73. The van der Waals surface area contributed by atoms with E-state index >= 15 is 0 Å². The molecule has 4 rings (SSSR count). The van der Waals surface area contributed by atoms with Gasteiger partial charge in [0.1, 0.15) is 17.4 Å². The van der Waals surface area contributed by atoms with E-state index in [0.29, 0.717) is 22.0 Å². The molecule has 3 aromatic rings. The minimum absolute atomic E-state index is 0.0409. The number of carboxylic acid groups (broad SMARTS) is 1. The highest BCUT2D eigenvalue weighted by Gasteiger charge is 2.20. The third kappa shape index (κ3) is 5.97. The van der Waals surface area contributed by atoms with Gasteiger partial charge < -0.3 is 25.4 Å². The Labute approximate surface area is 211 Å². The molecule has 0 spiro atoms. The van der Waals surface area contributed by atoms with Crippen LogP contribution in [0.3, 0.4) is 0 Å². The number of carbonyl (C=O) groups excluding carboxylic acids is 2. The third-order valence-electron chi connectivity index (χ3n) is 5.41. The molecular weight excluding hydrogens is 486 g/mol. The van der Waals surface area contributed by atoms with Crippen molar-refractivity contribution >= 4 is 46.7 Å². The van der Waals surface area contributed by atoms with Crippen LogP contribution in [-0.4, -0.2) is 58.3 Å². The second kappa shape index (κ2) is 10.9. The van der Waals surface area contributed by atoms with E-state index in [0.717, 1.165) is 19.5 Å². The molecule has 10 nitrogen and oxygen atoms in total. The fraction of sp³-hybridized carbons (Fsp3) is 0.160. The van der Waals surface area contributed by atoms with Gasteiger partial charge >= 0.3 is 5.97 Å². The van der Waals surface area contributed by atoms with Crippen molar-refractivity contribution < 1.29 is 24.2 Å². The molecule has 0 saturated carbocycles. The van der Waals surface area contributed by atoms with Crippen LogP contribution in [0.4, 0.5) is 11.5 Å². The highest BCUT2D eigenvalue weighted by molar-refractivity contribution is 6.30. The number of aliphatic carboxylic acids is 1. The van der Waals surface area contributed by atoms with E-state index in [1.165, 1.54) is 30.5 Å². The number of aromatic nitrogens is 1. The van der Waals surface area contributed by atoms with Gasteiger partial charge in [0.25, 0.3) is 11.8 Å². The zero-order valence-electron chi connectivity index (χ0n) is 19.0. The number of carboxylic acids is 1. The fourth-order valence-electron chi connectivity index (χ4n) is 3.38. The first-order chi connectivity index (χ1) is 17.3. The highest BCUT2D eigenvalue weighted by atomic mass is 35.5. The van der Waals surface area contributed by atoms with Crippen LogP contribution in [0, 0.1) is 5.41 Å². The molecule has 4 N–H and O–H groups in total. The Morgan fingerprint density at radius 2 is 1.72 bits per heavy atom. The number of hydrogen-bond donors (Lipinski definition) is 4. The van der Waals surface area contributed by atoms with Gasteiger partial charge in [-0.3, -0.25) is 15.0 Å². The van der Waals surface area contributed by atoms with E-state index in [1.807, 2.05) is 4.90 Å². The number of pyridine rings is 1. The summed E-state index contributed by atoms with van der Waals surface area (Å²) >= 11 is 5.84. The second-order valence-electron chi connectivity index (χ2n) is 7.93. The summed E-state index contributed by atoms with van der Waals surface area (Å²) < 4.78 is 5.19. The van der Waals surface area contributed by atoms with Crippen LogP contribution in [0.1, 0.15) is 32.7 Å². The van der Waals surface area contributed by atoms with Crippen molar-refractivity contribution in [3.8, 4) is 5.75 Å². The Balaban J connectivity index is 1.54. The number of nitrogens with one attached hydrogen (secondary N) is 3. The summed E-state index contributed by atoms with van der Waals surface area (Å²) in [5.41, 5.74) is 1.28.